The fourth-order valence-corrected chi connectivity index (χ4v) is 2.79. The second kappa shape index (κ2) is 5.97. The molecule has 1 unspecified atom stereocenters. The van der Waals surface area contributed by atoms with Crippen LogP contribution in [0.1, 0.15) is 38.0 Å². The van der Waals surface area contributed by atoms with Crippen LogP contribution in [0.4, 0.5) is 0 Å². The van der Waals surface area contributed by atoms with Gasteiger partial charge >= 0.3 is 0 Å². The molecular formula is C15H21N3O3. The first-order valence-electron chi connectivity index (χ1n) is 7.49. The van der Waals surface area contributed by atoms with Crippen molar-refractivity contribution in [2.24, 2.45) is 5.92 Å². The predicted octanol–water partition coefficient (Wildman–Crippen LogP) is 1.85. The minimum Gasteiger partial charge on any atom is -0.423 e. The van der Waals surface area contributed by atoms with E-state index < -0.39 is 0 Å². The van der Waals surface area contributed by atoms with Crippen molar-refractivity contribution < 1.29 is 13.9 Å². The smallest absolute Gasteiger partial charge is 0.246 e. The van der Waals surface area contributed by atoms with E-state index in [1.807, 2.05) is 11.0 Å². The second-order valence-corrected chi connectivity index (χ2v) is 6.04. The minimum absolute atomic E-state index is 0.0713. The van der Waals surface area contributed by atoms with E-state index in [2.05, 4.69) is 17.1 Å². The summed E-state index contributed by atoms with van der Waals surface area (Å²) in [4.78, 5) is 13.9. The van der Waals surface area contributed by atoms with Crippen molar-refractivity contribution in [1.82, 2.24) is 15.1 Å². The van der Waals surface area contributed by atoms with Gasteiger partial charge in [-0.3, -0.25) is 4.79 Å². The van der Waals surface area contributed by atoms with Gasteiger partial charge in [0.1, 0.15) is 6.61 Å². The zero-order valence-electron chi connectivity index (χ0n) is 12.5. The van der Waals surface area contributed by atoms with Crippen molar-refractivity contribution in [2.45, 2.75) is 45.8 Å². The lowest BCUT2D eigenvalue weighted by Gasteiger charge is -2.38. The summed E-state index contributed by atoms with van der Waals surface area (Å²) < 4.78 is 10.9. The predicted molar refractivity (Wildman–Crippen MR) is 75.3 cm³/mol. The minimum atomic E-state index is 0.0713. The monoisotopic (exact) mass is 291 g/mol. The molecule has 1 saturated carbocycles. The molecule has 0 spiro atoms. The van der Waals surface area contributed by atoms with E-state index in [0.717, 1.165) is 18.8 Å². The summed E-state index contributed by atoms with van der Waals surface area (Å²) >= 11 is 0. The maximum Gasteiger partial charge on any atom is 0.246 e. The molecule has 1 atom stereocenters. The van der Waals surface area contributed by atoms with Crippen molar-refractivity contribution in [3.05, 3.63) is 23.4 Å². The van der Waals surface area contributed by atoms with Gasteiger partial charge in [-0.15, -0.1) is 10.2 Å². The molecule has 1 saturated heterocycles. The number of aryl methyl sites for hydroxylation is 1. The highest BCUT2D eigenvalue weighted by atomic mass is 16.5. The van der Waals surface area contributed by atoms with E-state index in [-0.39, 0.29) is 12.0 Å². The lowest BCUT2D eigenvalue weighted by Crippen LogP contribution is -2.54. The Hall–Kier alpha value is -1.69. The van der Waals surface area contributed by atoms with Gasteiger partial charge < -0.3 is 14.1 Å². The molecule has 0 aromatic carbocycles. The van der Waals surface area contributed by atoms with Crippen LogP contribution in [0.15, 0.2) is 16.1 Å². The summed E-state index contributed by atoms with van der Waals surface area (Å²) in [5.41, 5.74) is 1.29. The normalized spacial score (nSPS) is 24.6. The molecule has 21 heavy (non-hydrogen) atoms. The molecule has 1 aliphatic carbocycles. The summed E-state index contributed by atoms with van der Waals surface area (Å²) in [6, 6.07) is 0. The first-order chi connectivity index (χ1) is 10.1. The lowest BCUT2D eigenvalue weighted by molar-refractivity contribution is -0.141. The summed E-state index contributed by atoms with van der Waals surface area (Å²) in [5.74, 6) is 1.86. The molecule has 2 heterocycles. The Morgan fingerprint density at radius 1 is 1.48 bits per heavy atom. The standard InChI is InChI=1S/C15H21N3O3/c1-10-3-4-12(5-10)6-15(19)18-7-13(8-18)20-9-14-17-16-11(2)21-14/h6,10,13H,3-5,7-9H2,1-2H3/b12-6+. The van der Waals surface area contributed by atoms with E-state index in [4.69, 9.17) is 9.15 Å². The summed E-state index contributed by atoms with van der Waals surface area (Å²) in [5, 5.41) is 7.62. The van der Waals surface area contributed by atoms with Gasteiger partial charge in [0.05, 0.1) is 6.10 Å². The Balaban J connectivity index is 1.40. The number of ether oxygens (including phenoxy) is 1. The number of allylic oxidation sites excluding steroid dienone is 1. The molecule has 1 aromatic rings. The summed E-state index contributed by atoms with van der Waals surface area (Å²) in [6.45, 7) is 5.58. The van der Waals surface area contributed by atoms with Gasteiger partial charge in [0, 0.05) is 26.1 Å². The van der Waals surface area contributed by atoms with Crippen molar-refractivity contribution in [1.29, 1.82) is 0 Å². The fourth-order valence-electron chi connectivity index (χ4n) is 2.79. The quantitative estimate of drug-likeness (QED) is 0.792. The zero-order chi connectivity index (χ0) is 14.8. The Morgan fingerprint density at radius 3 is 2.90 bits per heavy atom. The lowest BCUT2D eigenvalue weighted by atomic mass is 10.1. The number of likely N-dealkylation sites (tertiary alicyclic amines) is 1. The summed E-state index contributed by atoms with van der Waals surface area (Å²) in [6.07, 6.45) is 5.23. The second-order valence-electron chi connectivity index (χ2n) is 6.04. The van der Waals surface area contributed by atoms with E-state index in [1.165, 1.54) is 12.0 Å². The largest absolute Gasteiger partial charge is 0.423 e. The van der Waals surface area contributed by atoms with Crippen LogP contribution < -0.4 is 0 Å². The van der Waals surface area contributed by atoms with Crippen molar-refractivity contribution >= 4 is 5.91 Å². The van der Waals surface area contributed by atoms with Crippen LogP contribution in [0.5, 0.6) is 0 Å². The van der Waals surface area contributed by atoms with Gasteiger partial charge in [-0.1, -0.05) is 12.5 Å². The molecule has 114 valence electrons. The third kappa shape index (κ3) is 3.50. The number of nitrogens with zero attached hydrogens (tertiary/aromatic N) is 3. The van der Waals surface area contributed by atoms with Crippen LogP contribution in [-0.4, -0.2) is 40.2 Å². The van der Waals surface area contributed by atoms with Crippen LogP contribution >= 0.6 is 0 Å². The van der Waals surface area contributed by atoms with E-state index in [0.29, 0.717) is 31.5 Å². The number of rotatable bonds is 4. The molecule has 0 N–H and O–H groups in total. The number of hydrogen-bond donors (Lipinski definition) is 0. The maximum atomic E-state index is 12.1. The van der Waals surface area contributed by atoms with Crippen molar-refractivity contribution in [3.63, 3.8) is 0 Å². The van der Waals surface area contributed by atoms with Gasteiger partial charge in [-0.2, -0.15) is 0 Å². The third-order valence-corrected chi connectivity index (χ3v) is 4.07. The van der Waals surface area contributed by atoms with Gasteiger partial charge in [-0.25, -0.2) is 0 Å². The number of hydrogen-bond acceptors (Lipinski definition) is 5. The zero-order valence-corrected chi connectivity index (χ0v) is 12.5. The number of amides is 1. The average molecular weight is 291 g/mol. The molecular weight excluding hydrogens is 270 g/mol. The number of aromatic nitrogens is 2. The molecule has 0 bridgehead atoms. The van der Waals surface area contributed by atoms with Crippen molar-refractivity contribution in [2.75, 3.05) is 13.1 Å². The Bertz CT molecular complexity index is 546. The highest BCUT2D eigenvalue weighted by Gasteiger charge is 2.31. The molecule has 1 aromatic heterocycles. The molecule has 2 aliphatic rings. The first-order valence-corrected chi connectivity index (χ1v) is 7.49. The maximum absolute atomic E-state index is 12.1. The first kappa shape index (κ1) is 14.3. The van der Waals surface area contributed by atoms with Gasteiger partial charge in [0.25, 0.3) is 0 Å². The Labute approximate surface area is 124 Å². The molecule has 1 aliphatic heterocycles. The SMILES string of the molecule is Cc1nnc(COC2CN(C(=O)/C=C3\CCC(C)C3)C2)o1. The number of carbonyl (C=O) groups excluding carboxylic acids is 1. The van der Waals surface area contributed by atoms with Crippen LogP contribution in [0.3, 0.4) is 0 Å². The fraction of sp³-hybridized carbons (Fsp3) is 0.667. The van der Waals surface area contributed by atoms with Crippen LogP contribution in [0, 0.1) is 12.8 Å². The average Bonchev–Trinajstić information content (AvgIpc) is 2.96. The molecule has 0 radical (unpaired) electrons. The number of carbonyl (C=O) groups is 1. The Kier molecular flexibility index (Phi) is 4.05. The van der Waals surface area contributed by atoms with Gasteiger partial charge in [-0.05, 0) is 25.2 Å². The highest BCUT2D eigenvalue weighted by Crippen LogP contribution is 2.29. The van der Waals surface area contributed by atoms with E-state index >= 15 is 0 Å². The Morgan fingerprint density at radius 2 is 2.29 bits per heavy atom. The molecule has 2 fully saturated rings. The van der Waals surface area contributed by atoms with Gasteiger partial charge in [0.15, 0.2) is 0 Å². The van der Waals surface area contributed by atoms with Crippen LogP contribution in [0.25, 0.3) is 0 Å². The van der Waals surface area contributed by atoms with Gasteiger partial charge in [0.2, 0.25) is 17.7 Å². The van der Waals surface area contributed by atoms with E-state index in [9.17, 15) is 4.79 Å². The molecule has 6 heteroatoms. The van der Waals surface area contributed by atoms with E-state index in [1.54, 1.807) is 6.92 Å². The third-order valence-electron chi connectivity index (χ3n) is 4.07. The van der Waals surface area contributed by atoms with Crippen LogP contribution in [0.2, 0.25) is 0 Å². The molecule has 3 rings (SSSR count). The molecule has 1 amide bonds. The topological polar surface area (TPSA) is 68.5 Å². The summed E-state index contributed by atoms with van der Waals surface area (Å²) in [7, 11) is 0. The van der Waals surface area contributed by atoms with Crippen molar-refractivity contribution in [3.8, 4) is 0 Å². The van der Waals surface area contributed by atoms with Crippen LogP contribution in [-0.2, 0) is 16.1 Å². The molecule has 6 nitrogen and oxygen atoms in total. The highest BCUT2D eigenvalue weighted by molar-refractivity contribution is 5.89.